The van der Waals surface area contributed by atoms with Crippen molar-refractivity contribution < 1.29 is 22.4 Å². The van der Waals surface area contributed by atoms with Crippen molar-refractivity contribution in [3.63, 3.8) is 0 Å². The summed E-state index contributed by atoms with van der Waals surface area (Å²) in [6.07, 6.45) is -3.82. The number of anilines is 1. The number of carbonyl (C=O) groups is 1. The van der Waals surface area contributed by atoms with E-state index in [1.807, 2.05) is 6.07 Å². The number of halogens is 5. The van der Waals surface area contributed by atoms with Crippen molar-refractivity contribution in [2.24, 2.45) is 0 Å². The van der Waals surface area contributed by atoms with E-state index in [1.54, 1.807) is 22.8 Å². The van der Waals surface area contributed by atoms with Gasteiger partial charge in [0.1, 0.15) is 11.9 Å². The van der Waals surface area contributed by atoms with Gasteiger partial charge in [-0.15, -0.1) is 0 Å². The number of carbonyl (C=O) groups excluding carboxylic acids is 1. The van der Waals surface area contributed by atoms with E-state index in [0.29, 0.717) is 37.7 Å². The molecule has 0 spiro atoms. The van der Waals surface area contributed by atoms with Crippen LogP contribution in [0.2, 0.25) is 5.02 Å². The average molecular weight is 454 g/mol. The Hall–Kier alpha value is -2.79. The van der Waals surface area contributed by atoms with Crippen LogP contribution in [0.3, 0.4) is 0 Å². The minimum atomic E-state index is -4.72. The maximum atomic E-state index is 13.5. The first-order chi connectivity index (χ1) is 14.6. The summed E-state index contributed by atoms with van der Waals surface area (Å²) >= 11 is 6.17. The van der Waals surface area contributed by atoms with E-state index in [-0.39, 0.29) is 34.6 Å². The summed E-state index contributed by atoms with van der Waals surface area (Å²) in [5.74, 6) is -0.997. The third-order valence-electron chi connectivity index (χ3n) is 5.38. The molecule has 9 heteroatoms. The normalized spacial score (nSPS) is 16.3. The van der Waals surface area contributed by atoms with Crippen LogP contribution in [0.1, 0.15) is 36.5 Å². The SMILES string of the molecule is CCC(=O)N1CC[C@H](N(Cc2ccc(F)cc2C(F)(F)F)c2ccc(C#N)c(Cl)c2)C1. The van der Waals surface area contributed by atoms with Gasteiger partial charge in [0.05, 0.1) is 16.1 Å². The average Bonchev–Trinajstić information content (AvgIpc) is 3.21. The number of amides is 1. The Labute approximate surface area is 182 Å². The van der Waals surface area contributed by atoms with Crippen molar-refractivity contribution in [2.75, 3.05) is 18.0 Å². The molecule has 0 saturated carbocycles. The Bertz CT molecular complexity index is 1020. The van der Waals surface area contributed by atoms with E-state index < -0.39 is 17.6 Å². The fourth-order valence-corrected chi connectivity index (χ4v) is 4.00. The number of benzene rings is 2. The van der Waals surface area contributed by atoms with Gasteiger partial charge in [0.25, 0.3) is 0 Å². The summed E-state index contributed by atoms with van der Waals surface area (Å²) in [5, 5.41) is 9.30. The molecular formula is C22H20ClF4N3O. The molecule has 0 aliphatic carbocycles. The van der Waals surface area contributed by atoms with Crippen molar-refractivity contribution in [3.05, 3.63) is 63.9 Å². The van der Waals surface area contributed by atoms with Crippen LogP contribution in [0, 0.1) is 17.1 Å². The molecule has 31 heavy (non-hydrogen) atoms. The zero-order valence-corrected chi connectivity index (χ0v) is 17.5. The van der Waals surface area contributed by atoms with Crippen LogP contribution in [0.15, 0.2) is 36.4 Å². The van der Waals surface area contributed by atoms with Crippen molar-refractivity contribution in [1.82, 2.24) is 4.90 Å². The Morgan fingerprint density at radius 2 is 2.03 bits per heavy atom. The predicted molar refractivity (Wildman–Crippen MR) is 109 cm³/mol. The highest BCUT2D eigenvalue weighted by molar-refractivity contribution is 6.32. The zero-order valence-electron chi connectivity index (χ0n) is 16.7. The molecule has 164 valence electrons. The lowest BCUT2D eigenvalue weighted by Crippen LogP contribution is -2.39. The largest absolute Gasteiger partial charge is 0.416 e. The van der Waals surface area contributed by atoms with Crippen LogP contribution < -0.4 is 4.90 Å². The number of alkyl halides is 3. The lowest BCUT2D eigenvalue weighted by molar-refractivity contribution is -0.138. The standard InChI is InChI=1S/C22H20ClF4N3O/c1-2-21(31)29-8-7-18(13-29)30(17-6-4-14(11-28)20(23)10-17)12-15-3-5-16(24)9-19(15)22(25,26)27/h3-6,9-10,18H,2,7-8,12-13H2,1H3/t18-/m0/s1. The minimum Gasteiger partial charge on any atom is -0.362 e. The lowest BCUT2D eigenvalue weighted by atomic mass is 10.0. The van der Waals surface area contributed by atoms with E-state index in [4.69, 9.17) is 16.9 Å². The van der Waals surface area contributed by atoms with Crippen LogP contribution in [-0.2, 0) is 17.5 Å². The van der Waals surface area contributed by atoms with Gasteiger partial charge in [-0.3, -0.25) is 4.79 Å². The molecule has 0 bridgehead atoms. The summed E-state index contributed by atoms with van der Waals surface area (Å²) in [4.78, 5) is 15.5. The van der Waals surface area contributed by atoms with Gasteiger partial charge in [0, 0.05) is 37.8 Å². The lowest BCUT2D eigenvalue weighted by Gasteiger charge is -2.32. The summed E-state index contributed by atoms with van der Waals surface area (Å²) in [6.45, 7) is 2.44. The molecule has 0 N–H and O–H groups in total. The molecule has 4 nitrogen and oxygen atoms in total. The summed E-state index contributed by atoms with van der Waals surface area (Å²) in [6, 6.07) is 8.95. The number of hydrogen-bond donors (Lipinski definition) is 0. The van der Waals surface area contributed by atoms with Crippen LogP contribution in [0.4, 0.5) is 23.2 Å². The van der Waals surface area contributed by atoms with Crippen LogP contribution in [-0.4, -0.2) is 29.9 Å². The number of nitriles is 1. The van der Waals surface area contributed by atoms with Gasteiger partial charge >= 0.3 is 6.18 Å². The molecule has 1 aliphatic heterocycles. The molecule has 1 aliphatic rings. The first kappa shape index (κ1) is 22.9. The fraction of sp³-hybridized carbons (Fsp3) is 0.364. The van der Waals surface area contributed by atoms with Gasteiger partial charge in [0.15, 0.2) is 0 Å². The van der Waals surface area contributed by atoms with Gasteiger partial charge in [0.2, 0.25) is 5.91 Å². The van der Waals surface area contributed by atoms with Crippen molar-refractivity contribution >= 4 is 23.2 Å². The Morgan fingerprint density at radius 3 is 2.65 bits per heavy atom. The van der Waals surface area contributed by atoms with Gasteiger partial charge in [-0.25, -0.2) is 4.39 Å². The smallest absolute Gasteiger partial charge is 0.362 e. The predicted octanol–water partition coefficient (Wildman–Crippen LogP) is 5.39. The molecule has 2 aromatic rings. The molecule has 0 unspecified atom stereocenters. The first-order valence-corrected chi connectivity index (χ1v) is 10.1. The van der Waals surface area contributed by atoms with E-state index >= 15 is 0 Å². The van der Waals surface area contributed by atoms with Gasteiger partial charge in [-0.05, 0) is 42.3 Å². The van der Waals surface area contributed by atoms with Crippen LogP contribution >= 0.6 is 11.6 Å². The van der Waals surface area contributed by atoms with E-state index in [9.17, 15) is 22.4 Å². The molecule has 1 amide bonds. The van der Waals surface area contributed by atoms with Gasteiger partial charge in [-0.2, -0.15) is 18.4 Å². The third kappa shape index (κ3) is 5.10. The molecule has 0 radical (unpaired) electrons. The second-order valence-corrected chi connectivity index (χ2v) is 7.75. The molecule has 1 atom stereocenters. The highest BCUT2D eigenvalue weighted by Crippen LogP contribution is 2.35. The van der Waals surface area contributed by atoms with Crippen molar-refractivity contribution in [2.45, 2.75) is 38.5 Å². The molecule has 1 fully saturated rings. The van der Waals surface area contributed by atoms with Gasteiger partial charge < -0.3 is 9.80 Å². The molecule has 1 saturated heterocycles. The number of likely N-dealkylation sites (tertiary alicyclic amines) is 1. The quantitative estimate of drug-likeness (QED) is 0.570. The summed E-state index contributed by atoms with van der Waals surface area (Å²) in [7, 11) is 0. The van der Waals surface area contributed by atoms with Crippen molar-refractivity contribution in [1.29, 1.82) is 5.26 Å². The van der Waals surface area contributed by atoms with Crippen molar-refractivity contribution in [3.8, 4) is 6.07 Å². The first-order valence-electron chi connectivity index (χ1n) is 9.73. The maximum Gasteiger partial charge on any atom is 0.416 e. The molecule has 0 aromatic heterocycles. The molecule has 1 heterocycles. The third-order valence-corrected chi connectivity index (χ3v) is 5.69. The Morgan fingerprint density at radius 1 is 1.29 bits per heavy atom. The number of rotatable bonds is 5. The zero-order chi connectivity index (χ0) is 22.8. The van der Waals surface area contributed by atoms with E-state index in [0.717, 1.165) is 12.1 Å². The Balaban J connectivity index is 2.01. The molecular weight excluding hydrogens is 434 g/mol. The van der Waals surface area contributed by atoms with E-state index in [1.165, 1.54) is 12.1 Å². The number of hydrogen-bond acceptors (Lipinski definition) is 3. The van der Waals surface area contributed by atoms with Gasteiger partial charge in [-0.1, -0.05) is 24.6 Å². The highest BCUT2D eigenvalue weighted by Gasteiger charge is 2.36. The molecule has 2 aromatic carbocycles. The Kier molecular flexibility index (Phi) is 6.75. The molecule has 3 rings (SSSR count). The monoisotopic (exact) mass is 453 g/mol. The highest BCUT2D eigenvalue weighted by atomic mass is 35.5. The minimum absolute atomic E-state index is 0.0296. The number of nitrogens with zero attached hydrogens (tertiary/aromatic N) is 3. The maximum absolute atomic E-state index is 13.5. The van der Waals surface area contributed by atoms with Crippen LogP contribution in [0.25, 0.3) is 0 Å². The van der Waals surface area contributed by atoms with E-state index in [2.05, 4.69) is 0 Å². The van der Waals surface area contributed by atoms with Crippen LogP contribution in [0.5, 0.6) is 0 Å². The fourth-order valence-electron chi connectivity index (χ4n) is 3.78. The second kappa shape index (κ2) is 9.15. The topological polar surface area (TPSA) is 47.3 Å². The summed E-state index contributed by atoms with van der Waals surface area (Å²) in [5.41, 5.74) is -0.360. The summed E-state index contributed by atoms with van der Waals surface area (Å²) < 4.78 is 54.2. The second-order valence-electron chi connectivity index (χ2n) is 7.34.